The molecule has 1 atom stereocenters. The molecule has 6 nitrogen and oxygen atoms in total. The van der Waals surface area contributed by atoms with Gasteiger partial charge in [0.15, 0.2) is 0 Å². The van der Waals surface area contributed by atoms with Crippen molar-refractivity contribution in [3.63, 3.8) is 0 Å². The topological polar surface area (TPSA) is 67.9 Å². The molecule has 0 spiro atoms. The number of likely N-dealkylation sites (N-methyl/N-ethyl adjacent to an activating group) is 1. The number of carbonyl (C=O) groups excluding carboxylic acids is 2. The Morgan fingerprint density at radius 2 is 1.73 bits per heavy atom. The van der Waals surface area contributed by atoms with Gasteiger partial charge in [-0.15, -0.1) is 0 Å². The summed E-state index contributed by atoms with van der Waals surface area (Å²) in [6, 6.07) is 9.09. The van der Waals surface area contributed by atoms with Gasteiger partial charge in [0, 0.05) is 18.3 Å². The number of nitrogens with one attached hydrogen (secondary N) is 1. The van der Waals surface area contributed by atoms with E-state index in [4.69, 9.17) is 9.57 Å². The van der Waals surface area contributed by atoms with Crippen molar-refractivity contribution in [1.82, 2.24) is 5.06 Å². The molecule has 1 aliphatic rings. The second-order valence-corrected chi connectivity index (χ2v) is 9.65. The van der Waals surface area contributed by atoms with Gasteiger partial charge < -0.3 is 10.1 Å². The van der Waals surface area contributed by atoms with Crippen LogP contribution >= 0.6 is 0 Å². The molecular formula is C29H27F5N2O4. The predicted molar refractivity (Wildman–Crippen MR) is 137 cm³/mol. The first-order valence-corrected chi connectivity index (χ1v) is 12.4. The molecule has 11 heteroatoms. The molecular weight excluding hydrogens is 535 g/mol. The zero-order chi connectivity index (χ0) is 29.4. The molecule has 0 aromatic heterocycles. The lowest BCUT2D eigenvalue weighted by Crippen LogP contribution is -2.30. The Labute approximate surface area is 227 Å². The molecule has 0 heterocycles. The number of anilines is 1. The van der Waals surface area contributed by atoms with E-state index in [1.54, 1.807) is 6.92 Å². The molecule has 2 amide bonds. The molecule has 1 aliphatic carbocycles. The maximum absolute atomic E-state index is 14.6. The summed E-state index contributed by atoms with van der Waals surface area (Å²) in [6.45, 7) is 3.01. The molecule has 1 saturated carbocycles. The van der Waals surface area contributed by atoms with Gasteiger partial charge in [-0.3, -0.25) is 14.4 Å². The van der Waals surface area contributed by atoms with E-state index >= 15 is 0 Å². The lowest BCUT2D eigenvalue weighted by atomic mass is 9.97. The largest absolute Gasteiger partial charge is 0.456 e. The molecule has 0 aliphatic heterocycles. The Kier molecular flexibility index (Phi) is 8.15. The number of ether oxygens (including phenoxy) is 1. The Morgan fingerprint density at radius 1 is 1.02 bits per heavy atom. The molecule has 1 fully saturated rings. The van der Waals surface area contributed by atoms with Crippen LogP contribution in [0, 0.1) is 18.6 Å². The van der Waals surface area contributed by atoms with Crippen LogP contribution in [0.2, 0.25) is 0 Å². The maximum Gasteiger partial charge on any atom is 0.416 e. The summed E-state index contributed by atoms with van der Waals surface area (Å²) in [5.41, 5.74) is -0.992. The van der Waals surface area contributed by atoms with E-state index in [-0.39, 0.29) is 34.2 Å². The fourth-order valence-corrected chi connectivity index (χ4v) is 4.33. The maximum atomic E-state index is 14.6. The standard InChI is InChI=1S/C29H27F5N2O4/c1-15-11-18(30)7-10-25(15)40-26-14-21(17-5-6-17)23(29(32,33)34)13-22(26)27(37)35-19-8-9-24(31)20(12-19)16(2)28(38)36(3)39-4/h7-14,16-17H,5-6H2,1-4H3,(H,35,37). The number of alkyl halides is 3. The number of hydroxylamine groups is 2. The van der Waals surface area contributed by atoms with Crippen molar-refractivity contribution in [2.75, 3.05) is 19.5 Å². The molecule has 212 valence electrons. The number of amides is 2. The summed E-state index contributed by atoms with van der Waals surface area (Å²) in [5, 5.41) is 3.41. The van der Waals surface area contributed by atoms with Crippen LogP contribution in [0.4, 0.5) is 27.6 Å². The summed E-state index contributed by atoms with van der Waals surface area (Å²) in [7, 11) is 2.63. The van der Waals surface area contributed by atoms with E-state index < -0.39 is 46.7 Å². The van der Waals surface area contributed by atoms with Crippen molar-refractivity contribution >= 4 is 17.5 Å². The van der Waals surface area contributed by atoms with E-state index in [1.165, 1.54) is 51.4 Å². The number of rotatable bonds is 8. The van der Waals surface area contributed by atoms with Crippen molar-refractivity contribution in [2.45, 2.75) is 44.7 Å². The van der Waals surface area contributed by atoms with Crippen molar-refractivity contribution in [2.24, 2.45) is 0 Å². The highest BCUT2D eigenvalue weighted by Gasteiger charge is 2.40. The van der Waals surface area contributed by atoms with Gasteiger partial charge in [-0.05, 0) is 92.3 Å². The van der Waals surface area contributed by atoms with Gasteiger partial charge in [-0.1, -0.05) is 0 Å². The van der Waals surface area contributed by atoms with E-state index in [0.717, 1.165) is 23.3 Å². The number of aryl methyl sites for hydroxylation is 1. The van der Waals surface area contributed by atoms with Gasteiger partial charge in [0.1, 0.15) is 23.1 Å². The van der Waals surface area contributed by atoms with E-state index in [1.807, 2.05) is 0 Å². The molecule has 1 unspecified atom stereocenters. The Bertz CT molecular complexity index is 1450. The number of benzene rings is 3. The average Bonchev–Trinajstić information content (AvgIpc) is 3.74. The Morgan fingerprint density at radius 3 is 2.33 bits per heavy atom. The fraction of sp³-hybridized carbons (Fsp3) is 0.310. The molecule has 4 rings (SSSR count). The number of halogens is 5. The summed E-state index contributed by atoms with van der Waals surface area (Å²) in [6.07, 6.45) is -3.60. The minimum Gasteiger partial charge on any atom is -0.456 e. The summed E-state index contributed by atoms with van der Waals surface area (Å²) in [5.74, 6) is -4.04. The van der Waals surface area contributed by atoms with Crippen LogP contribution in [-0.2, 0) is 15.8 Å². The van der Waals surface area contributed by atoms with E-state index in [2.05, 4.69) is 5.32 Å². The van der Waals surface area contributed by atoms with Gasteiger partial charge in [0.25, 0.3) is 11.8 Å². The van der Waals surface area contributed by atoms with Gasteiger partial charge in [0.05, 0.1) is 24.2 Å². The van der Waals surface area contributed by atoms with E-state index in [0.29, 0.717) is 18.4 Å². The van der Waals surface area contributed by atoms with Crippen molar-refractivity contribution < 1.29 is 41.1 Å². The third-order valence-electron chi connectivity index (χ3n) is 6.75. The molecule has 40 heavy (non-hydrogen) atoms. The normalized spacial score (nSPS) is 14.0. The van der Waals surface area contributed by atoms with Crippen LogP contribution in [0.15, 0.2) is 48.5 Å². The molecule has 3 aromatic carbocycles. The SMILES string of the molecule is CON(C)C(=O)C(C)c1cc(NC(=O)c2cc(C(F)(F)F)c(C3CC3)cc2Oc2ccc(F)cc2C)ccc1F. The van der Waals surface area contributed by atoms with Crippen LogP contribution in [0.5, 0.6) is 11.5 Å². The smallest absolute Gasteiger partial charge is 0.416 e. The summed E-state index contributed by atoms with van der Waals surface area (Å²) >= 11 is 0. The van der Waals surface area contributed by atoms with Crippen LogP contribution < -0.4 is 10.1 Å². The number of hydrogen-bond acceptors (Lipinski definition) is 4. The third-order valence-corrected chi connectivity index (χ3v) is 6.75. The van der Waals surface area contributed by atoms with Gasteiger partial charge >= 0.3 is 6.18 Å². The van der Waals surface area contributed by atoms with Gasteiger partial charge in [0.2, 0.25) is 0 Å². The van der Waals surface area contributed by atoms with Crippen LogP contribution in [0.3, 0.4) is 0 Å². The third kappa shape index (κ3) is 6.25. The Hall–Kier alpha value is -3.99. The first-order chi connectivity index (χ1) is 18.8. The minimum atomic E-state index is -4.73. The zero-order valence-corrected chi connectivity index (χ0v) is 22.2. The lowest BCUT2D eigenvalue weighted by Gasteiger charge is -2.20. The number of nitrogens with zero attached hydrogens (tertiary/aromatic N) is 1. The summed E-state index contributed by atoms with van der Waals surface area (Å²) < 4.78 is 76.2. The highest BCUT2D eigenvalue weighted by atomic mass is 19.4. The van der Waals surface area contributed by atoms with Crippen LogP contribution in [0.25, 0.3) is 0 Å². The number of hydrogen-bond donors (Lipinski definition) is 1. The molecule has 3 aromatic rings. The Balaban J connectivity index is 1.74. The quantitative estimate of drug-likeness (QED) is 0.231. The van der Waals surface area contributed by atoms with Crippen molar-refractivity contribution in [3.8, 4) is 11.5 Å². The first-order valence-electron chi connectivity index (χ1n) is 12.4. The molecule has 0 saturated heterocycles. The molecule has 1 N–H and O–H groups in total. The van der Waals surface area contributed by atoms with Crippen molar-refractivity contribution in [3.05, 3.63) is 88.0 Å². The first kappa shape index (κ1) is 29.0. The van der Waals surface area contributed by atoms with Gasteiger partial charge in [-0.2, -0.15) is 13.2 Å². The fourth-order valence-electron chi connectivity index (χ4n) is 4.33. The van der Waals surface area contributed by atoms with Crippen LogP contribution in [0.1, 0.15) is 64.2 Å². The zero-order valence-electron chi connectivity index (χ0n) is 22.2. The second-order valence-electron chi connectivity index (χ2n) is 9.65. The minimum absolute atomic E-state index is 0.0116. The molecule has 0 radical (unpaired) electrons. The summed E-state index contributed by atoms with van der Waals surface area (Å²) in [4.78, 5) is 30.7. The lowest BCUT2D eigenvalue weighted by molar-refractivity contribution is -0.170. The second kappa shape index (κ2) is 11.2. The molecule has 0 bridgehead atoms. The number of carbonyl (C=O) groups is 2. The monoisotopic (exact) mass is 562 g/mol. The van der Waals surface area contributed by atoms with E-state index in [9.17, 15) is 31.5 Å². The average molecular weight is 563 g/mol. The van der Waals surface area contributed by atoms with Crippen molar-refractivity contribution in [1.29, 1.82) is 0 Å². The highest BCUT2D eigenvalue weighted by Crippen LogP contribution is 2.48. The highest BCUT2D eigenvalue weighted by molar-refractivity contribution is 6.06. The predicted octanol–water partition coefficient (Wildman–Crippen LogP) is 7.34. The van der Waals surface area contributed by atoms with Crippen LogP contribution in [-0.4, -0.2) is 31.0 Å². The van der Waals surface area contributed by atoms with Gasteiger partial charge in [-0.25, -0.2) is 13.8 Å².